The van der Waals surface area contributed by atoms with Crippen LogP contribution in [0.2, 0.25) is 0 Å². The van der Waals surface area contributed by atoms with Gasteiger partial charge in [0.25, 0.3) is 5.91 Å². The number of morpholine rings is 1. The molecule has 0 aromatic carbocycles. The summed E-state index contributed by atoms with van der Waals surface area (Å²) < 4.78 is 34.6. The molecule has 1 aliphatic rings. The average molecular weight is 361 g/mol. The van der Waals surface area contributed by atoms with Crippen LogP contribution in [0.5, 0.6) is 0 Å². The molecule has 1 atom stereocenters. The van der Waals surface area contributed by atoms with Gasteiger partial charge >= 0.3 is 5.97 Å². The lowest BCUT2D eigenvalue weighted by Crippen LogP contribution is -2.51. The fourth-order valence-electron chi connectivity index (χ4n) is 2.33. The minimum Gasteiger partial charge on any atom is -0.480 e. The first kappa shape index (κ1) is 18.4. The van der Waals surface area contributed by atoms with Gasteiger partial charge in [-0.2, -0.15) is 4.31 Å². The van der Waals surface area contributed by atoms with E-state index in [1.165, 1.54) is 11.0 Å². The maximum absolute atomic E-state index is 12.3. The third-order valence-corrected chi connectivity index (χ3v) is 4.67. The van der Waals surface area contributed by atoms with Crippen LogP contribution >= 0.6 is 0 Å². The van der Waals surface area contributed by atoms with Crippen LogP contribution in [0.1, 0.15) is 16.2 Å². The number of aromatic nitrogens is 1. The van der Waals surface area contributed by atoms with Crippen LogP contribution < -0.4 is 0 Å². The number of aryl methyl sites for hydroxylation is 1. The van der Waals surface area contributed by atoms with Gasteiger partial charge in [0.05, 0.1) is 24.7 Å². The van der Waals surface area contributed by atoms with Crippen LogP contribution in [0.25, 0.3) is 0 Å². The standard InChI is InChI=1S/C13H19N3O7S/c1-9-5-11(23-14-9)13(19)15-3-4-22-10(6-15)7-16(8-12(17)18)24(2,20)21/h5,10H,3-4,6-8H2,1-2H3,(H,17,18)/t10-/m1/s1. The summed E-state index contributed by atoms with van der Waals surface area (Å²) in [4.78, 5) is 24.6. The van der Waals surface area contributed by atoms with Crippen LogP contribution in [0.15, 0.2) is 10.6 Å². The molecule has 0 aliphatic carbocycles. The normalized spacial score (nSPS) is 18.8. The Morgan fingerprint density at radius 2 is 2.21 bits per heavy atom. The summed E-state index contributed by atoms with van der Waals surface area (Å²) in [6.07, 6.45) is 0.305. The van der Waals surface area contributed by atoms with Crippen molar-refractivity contribution in [3.05, 3.63) is 17.5 Å². The number of hydrogen-bond donors (Lipinski definition) is 1. The monoisotopic (exact) mass is 361 g/mol. The quantitative estimate of drug-likeness (QED) is 0.695. The zero-order chi connectivity index (χ0) is 17.9. The fraction of sp³-hybridized carbons (Fsp3) is 0.615. The second-order valence-electron chi connectivity index (χ2n) is 5.53. The Hall–Kier alpha value is -1.98. The Kier molecular flexibility index (Phi) is 5.57. The molecular formula is C13H19N3O7S. The van der Waals surface area contributed by atoms with E-state index in [0.717, 1.165) is 10.6 Å². The van der Waals surface area contributed by atoms with Crippen molar-refractivity contribution >= 4 is 21.9 Å². The zero-order valence-corrected chi connectivity index (χ0v) is 14.2. The van der Waals surface area contributed by atoms with Gasteiger partial charge in [-0.05, 0) is 6.92 Å². The largest absolute Gasteiger partial charge is 0.480 e. The fourth-order valence-corrected chi connectivity index (χ4v) is 3.11. The number of rotatable bonds is 6. The Balaban J connectivity index is 2.04. The Morgan fingerprint density at radius 3 is 2.75 bits per heavy atom. The number of carbonyl (C=O) groups is 2. The highest BCUT2D eigenvalue weighted by Crippen LogP contribution is 2.13. The highest BCUT2D eigenvalue weighted by molar-refractivity contribution is 7.88. The molecule has 1 aromatic heterocycles. The summed E-state index contributed by atoms with van der Waals surface area (Å²) in [5, 5.41) is 12.5. The van der Waals surface area contributed by atoms with Crippen LogP contribution in [-0.2, 0) is 19.6 Å². The van der Waals surface area contributed by atoms with Crippen LogP contribution in [0.4, 0.5) is 0 Å². The molecule has 2 heterocycles. The minimum atomic E-state index is -3.71. The smallest absolute Gasteiger partial charge is 0.318 e. The highest BCUT2D eigenvalue weighted by Gasteiger charge is 2.31. The minimum absolute atomic E-state index is 0.0960. The molecular weight excluding hydrogens is 342 g/mol. The van der Waals surface area contributed by atoms with Gasteiger partial charge in [-0.15, -0.1) is 0 Å². The van der Waals surface area contributed by atoms with Crippen molar-refractivity contribution in [3.8, 4) is 0 Å². The van der Waals surface area contributed by atoms with Gasteiger partial charge in [-0.3, -0.25) is 9.59 Å². The summed E-state index contributed by atoms with van der Waals surface area (Å²) in [5.74, 6) is -1.53. The van der Waals surface area contributed by atoms with E-state index in [0.29, 0.717) is 12.2 Å². The third-order valence-electron chi connectivity index (χ3n) is 3.45. The molecule has 0 bridgehead atoms. The molecule has 11 heteroatoms. The van der Waals surface area contributed by atoms with E-state index in [9.17, 15) is 18.0 Å². The summed E-state index contributed by atoms with van der Waals surface area (Å²) in [7, 11) is -3.71. The molecule has 10 nitrogen and oxygen atoms in total. The second kappa shape index (κ2) is 7.28. The van der Waals surface area contributed by atoms with Crippen molar-refractivity contribution in [2.75, 3.05) is 39.0 Å². The summed E-state index contributed by atoms with van der Waals surface area (Å²) >= 11 is 0. The molecule has 1 N–H and O–H groups in total. The number of amides is 1. The number of nitrogens with zero attached hydrogens (tertiary/aromatic N) is 3. The van der Waals surface area contributed by atoms with Crippen LogP contribution in [0, 0.1) is 6.92 Å². The van der Waals surface area contributed by atoms with Gasteiger partial charge in [-0.1, -0.05) is 5.16 Å². The summed E-state index contributed by atoms with van der Waals surface area (Å²) in [6.45, 7) is 1.56. The van der Waals surface area contributed by atoms with Crippen molar-refractivity contribution in [2.45, 2.75) is 13.0 Å². The van der Waals surface area contributed by atoms with Gasteiger partial charge in [0.15, 0.2) is 0 Å². The number of carboxylic acids is 1. The summed E-state index contributed by atoms with van der Waals surface area (Å²) in [5.41, 5.74) is 0.577. The number of carbonyl (C=O) groups excluding carboxylic acids is 1. The van der Waals surface area contributed by atoms with Gasteiger partial charge < -0.3 is 19.3 Å². The molecule has 1 aromatic rings. The van der Waals surface area contributed by atoms with Crippen molar-refractivity contribution in [1.82, 2.24) is 14.4 Å². The predicted octanol–water partition coefficient (Wildman–Crippen LogP) is -0.830. The number of sulfonamides is 1. The van der Waals surface area contributed by atoms with E-state index < -0.39 is 28.6 Å². The molecule has 0 radical (unpaired) electrons. The molecule has 24 heavy (non-hydrogen) atoms. The first-order chi connectivity index (χ1) is 11.2. The lowest BCUT2D eigenvalue weighted by molar-refractivity contribution is -0.137. The molecule has 1 aliphatic heterocycles. The van der Waals surface area contributed by atoms with Crippen molar-refractivity contribution in [3.63, 3.8) is 0 Å². The number of hydrogen-bond acceptors (Lipinski definition) is 7. The molecule has 0 spiro atoms. The molecule has 1 fully saturated rings. The molecule has 1 saturated heterocycles. The topological polar surface area (TPSA) is 130 Å². The Bertz CT molecular complexity index is 715. The van der Waals surface area contributed by atoms with E-state index >= 15 is 0 Å². The van der Waals surface area contributed by atoms with E-state index in [-0.39, 0.29) is 31.4 Å². The van der Waals surface area contributed by atoms with E-state index in [2.05, 4.69) is 5.16 Å². The van der Waals surface area contributed by atoms with Gasteiger partial charge in [0, 0.05) is 25.7 Å². The van der Waals surface area contributed by atoms with E-state index in [1.807, 2.05) is 0 Å². The van der Waals surface area contributed by atoms with E-state index in [1.54, 1.807) is 6.92 Å². The first-order valence-electron chi connectivity index (χ1n) is 7.18. The van der Waals surface area contributed by atoms with Gasteiger partial charge in [-0.25, -0.2) is 8.42 Å². The molecule has 1 amide bonds. The van der Waals surface area contributed by atoms with Crippen LogP contribution in [-0.4, -0.2) is 84.9 Å². The lowest BCUT2D eigenvalue weighted by Gasteiger charge is -2.34. The maximum Gasteiger partial charge on any atom is 0.318 e. The average Bonchev–Trinajstić information content (AvgIpc) is 2.91. The van der Waals surface area contributed by atoms with Gasteiger partial charge in [0.1, 0.15) is 6.54 Å². The van der Waals surface area contributed by atoms with E-state index in [4.69, 9.17) is 14.4 Å². The van der Waals surface area contributed by atoms with Crippen molar-refractivity contribution in [2.24, 2.45) is 0 Å². The Morgan fingerprint density at radius 1 is 1.50 bits per heavy atom. The molecule has 2 rings (SSSR count). The Labute approximate surface area is 139 Å². The number of aliphatic carboxylic acids is 1. The molecule has 0 unspecified atom stereocenters. The summed E-state index contributed by atoms with van der Waals surface area (Å²) in [6, 6.07) is 1.51. The molecule has 0 saturated carbocycles. The van der Waals surface area contributed by atoms with Crippen molar-refractivity contribution in [1.29, 1.82) is 0 Å². The number of carboxylic acid groups (broad SMARTS) is 1. The maximum atomic E-state index is 12.3. The second-order valence-corrected chi connectivity index (χ2v) is 7.51. The molecule has 134 valence electrons. The third kappa shape index (κ3) is 4.76. The van der Waals surface area contributed by atoms with Crippen LogP contribution in [0.3, 0.4) is 0 Å². The van der Waals surface area contributed by atoms with Gasteiger partial charge in [0.2, 0.25) is 15.8 Å². The highest BCUT2D eigenvalue weighted by atomic mass is 32.2. The first-order valence-corrected chi connectivity index (χ1v) is 9.02. The predicted molar refractivity (Wildman–Crippen MR) is 80.9 cm³/mol. The lowest BCUT2D eigenvalue weighted by atomic mass is 10.2. The SMILES string of the molecule is Cc1cc(C(=O)N2CCO[C@@H](CN(CC(=O)O)S(C)(=O)=O)C2)on1. The zero-order valence-electron chi connectivity index (χ0n) is 13.3. The van der Waals surface area contributed by atoms with Crippen molar-refractivity contribution < 1.29 is 32.4 Å². The number of ether oxygens (including phenoxy) is 1.